The van der Waals surface area contributed by atoms with E-state index in [9.17, 15) is 13.2 Å². The molecular formula is C25H23ClN4O4S. The number of sulfonamides is 1. The van der Waals surface area contributed by atoms with Crippen molar-refractivity contribution < 1.29 is 17.9 Å². The van der Waals surface area contributed by atoms with Crippen molar-refractivity contribution in [2.75, 3.05) is 10.0 Å². The Labute approximate surface area is 208 Å². The van der Waals surface area contributed by atoms with Crippen molar-refractivity contribution in [2.24, 2.45) is 0 Å². The fourth-order valence-electron chi connectivity index (χ4n) is 3.23. The molecule has 0 spiro atoms. The third-order valence-electron chi connectivity index (χ3n) is 4.90. The van der Waals surface area contributed by atoms with Crippen LogP contribution in [0.2, 0.25) is 5.02 Å². The molecule has 0 radical (unpaired) electrons. The lowest BCUT2D eigenvalue weighted by Crippen LogP contribution is -2.16. The van der Waals surface area contributed by atoms with Gasteiger partial charge in [-0.05, 0) is 87.0 Å². The van der Waals surface area contributed by atoms with Gasteiger partial charge in [-0.25, -0.2) is 23.2 Å². The summed E-state index contributed by atoms with van der Waals surface area (Å²) in [7, 11) is -3.96. The van der Waals surface area contributed by atoms with Gasteiger partial charge in [0.05, 0.1) is 27.6 Å². The van der Waals surface area contributed by atoms with Crippen LogP contribution in [0.3, 0.4) is 0 Å². The summed E-state index contributed by atoms with van der Waals surface area (Å²) in [6.07, 6.45) is -0.229. The van der Waals surface area contributed by atoms with Gasteiger partial charge in [-0.3, -0.25) is 4.72 Å². The van der Waals surface area contributed by atoms with Gasteiger partial charge in [0.2, 0.25) is 0 Å². The predicted molar refractivity (Wildman–Crippen MR) is 137 cm³/mol. The zero-order valence-corrected chi connectivity index (χ0v) is 20.8. The topological polar surface area (TPSA) is 110 Å². The largest absolute Gasteiger partial charge is 0.459 e. The minimum absolute atomic E-state index is 0.0274. The summed E-state index contributed by atoms with van der Waals surface area (Å²) in [6.45, 7) is 5.49. The number of rotatable bonds is 7. The molecule has 0 saturated heterocycles. The third-order valence-corrected chi connectivity index (χ3v) is 6.51. The van der Waals surface area contributed by atoms with Gasteiger partial charge in [0, 0.05) is 10.7 Å². The highest BCUT2D eigenvalue weighted by atomic mass is 35.5. The lowest BCUT2D eigenvalue weighted by molar-refractivity contribution is 0.0378. The van der Waals surface area contributed by atoms with Crippen LogP contribution in [-0.2, 0) is 14.8 Å². The number of carbonyl (C=O) groups excluding carboxylic acids is 1. The summed E-state index contributed by atoms with van der Waals surface area (Å²) in [5.41, 5.74) is 3.09. The second-order valence-electron chi connectivity index (χ2n) is 8.13. The van der Waals surface area contributed by atoms with Gasteiger partial charge in [0.1, 0.15) is 0 Å². The first-order chi connectivity index (χ1) is 16.6. The van der Waals surface area contributed by atoms with Crippen LogP contribution in [0.15, 0.2) is 71.6 Å². The molecule has 10 heteroatoms. The molecule has 4 rings (SSSR count). The van der Waals surface area contributed by atoms with Crippen molar-refractivity contribution in [3.8, 4) is 0 Å². The van der Waals surface area contributed by atoms with Gasteiger partial charge in [-0.15, -0.1) is 0 Å². The van der Waals surface area contributed by atoms with E-state index in [0.717, 1.165) is 5.56 Å². The molecule has 35 heavy (non-hydrogen) atoms. The SMILES string of the molecule is Cc1ccc2nc(NS(=O)(=O)c3ccc(Cl)cc3)c(Nc3ccc(C(=O)OC(C)C)cc3)nc2c1. The molecule has 1 heterocycles. The lowest BCUT2D eigenvalue weighted by Gasteiger charge is -2.14. The quantitative estimate of drug-likeness (QED) is 0.307. The Balaban J connectivity index is 1.70. The number of nitrogens with one attached hydrogen (secondary N) is 2. The molecule has 0 aliphatic heterocycles. The highest BCUT2D eigenvalue weighted by molar-refractivity contribution is 7.92. The normalized spacial score (nSPS) is 11.5. The molecular weight excluding hydrogens is 488 g/mol. The molecule has 0 atom stereocenters. The number of anilines is 3. The number of hydrogen-bond donors (Lipinski definition) is 2. The van der Waals surface area contributed by atoms with E-state index in [0.29, 0.717) is 27.3 Å². The molecule has 180 valence electrons. The van der Waals surface area contributed by atoms with Gasteiger partial charge < -0.3 is 10.1 Å². The van der Waals surface area contributed by atoms with E-state index < -0.39 is 16.0 Å². The van der Waals surface area contributed by atoms with Gasteiger partial charge >= 0.3 is 5.97 Å². The van der Waals surface area contributed by atoms with E-state index in [1.165, 1.54) is 24.3 Å². The number of nitrogens with zero attached hydrogens (tertiary/aromatic N) is 2. The van der Waals surface area contributed by atoms with Gasteiger partial charge in [-0.2, -0.15) is 0 Å². The average Bonchev–Trinajstić information content (AvgIpc) is 2.80. The van der Waals surface area contributed by atoms with Crippen molar-refractivity contribution in [2.45, 2.75) is 31.8 Å². The first kappa shape index (κ1) is 24.4. The first-order valence-electron chi connectivity index (χ1n) is 10.8. The minimum Gasteiger partial charge on any atom is -0.459 e. The predicted octanol–water partition coefficient (Wildman–Crippen LogP) is 5.70. The Hall–Kier alpha value is -3.69. The van der Waals surface area contributed by atoms with E-state index in [1.54, 1.807) is 44.2 Å². The van der Waals surface area contributed by atoms with Crippen LogP contribution in [0.1, 0.15) is 29.8 Å². The first-order valence-corrected chi connectivity index (χ1v) is 12.6. The summed E-state index contributed by atoms with van der Waals surface area (Å²) in [5, 5.41) is 3.52. The van der Waals surface area contributed by atoms with Crippen molar-refractivity contribution in [1.82, 2.24) is 9.97 Å². The molecule has 3 aromatic carbocycles. The molecule has 0 unspecified atom stereocenters. The molecule has 4 aromatic rings. The van der Waals surface area contributed by atoms with E-state index >= 15 is 0 Å². The summed E-state index contributed by atoms with van der Waals surface area (Å²) in [4.78, 5) is 21.3. The third kappa shape index (κ3) is 5.87. The fraction of sp³-hybridized carbons (Fsp3) is 0.160. The molecule has 0 saturated carbocycles. The van der Waals surface area contributed by atoms with E-state index in [-0.39, 0.29) is 22.6 Å². The zero-order chi connectivity index (χ0) is 25.2. The molecule has 0 bridgehead atoms. The van der Waals surface area contributed by atoms with Crippen LogP contribution in [0.4, 0.5) is 17.3 Å². The molecule has 1 aromatic heterocycles. The molecule has 0 fully saturated rings. The van der Waals surface area contributed by atoms with E-state index in [4.69, 9.17) is 16.3 Å². The van der Waals surface area contributed by atoms with E-state index in [2.05, 4.69) is 20.0 Å². The van der Waals surface area contributed by atoms with Crippen LogP contribution in [0.5, 0.6) is 0 Å². The maximum absolute atomic E-state index is 13.0. The van der Waals surface area contributed by atoms with Crippen LogP contribution in [0.25, 0.3) is 11.0 Å². The number of aromatic nitrogens is 2. The zero-order valence-electron chi connectivity index (χ0n) is 19.2. The Kier molecular flexibility index (Phi) is 6.90. The molecule has 2 N–H and O–H groups in total. The number of esters is 1. The Morgan fingerprint density at radius 2 is 1.57 bits per heavy atom. The van der Waals surface area contributed by atoms with Gasteiger partial charge in [0.15, 0.2) is 11.6 Å². The number of benzene rings is 3. The lowest BCUT2D eigenvalue weighted by atomic mass is 10.2. The molecule has 0 aliphatic rings. The van der Waals surface area contributed by atoms with Crippen molar-refractivity contribution in [3.05, 3.63) is 82.9 Å². The molecule has 8 nitrogen and oxygen atoms in total. The number of fused-ring (bicyclic) bond motifs is 1. The van der Waals surface area contributed by atoms with Crippen LogP contribution in [0, 0.1) is 6.92 Å². The maximum Gasteiger partial charge on any atom is 0.338 e. The number of carbonyl (C=O) groups is 1. The summed E-state index contributed by atoms with van der Waals surface area (Å²) in [6, 6.07) is 17.9. The van der Waals surface area contributed by atoms with Crippen molar-refractivity contribution >= 4 is 56.0 Å². The maximum atomic E-state index is 13.0. The van der Waals surface area contributed by atoms with Gasteiger partial charge in [-0.1, -0.05) is 17.7 Å². The number of aryl methyl sites for hydroxylation is 1. The summed E-state index contributed by atoms with van der Waals surface area (Å²) in [5.74, 6) is -0.193. The second kappa shape index (κ2) is 9.89. The Bertz CT molecular complexity index is 1490. The van der Waals surface area contributed by atoms with Gasteiger partial charge in [0.25, 0.3) is 10.0 Å². The Morgan fingerprint density at radius 1 is 0.914 bits per heavy atom. The summed E-state index contributed by atoms with van der Waals surface area (Å²) >= 11 is 5.89. The Morgan fingerprint density at radius 3 is 2.23 bits per heavy atom. The second-order valence-corrected chi connectivity index (χ2v) is 10.2. The van der Waals surface area contributed by atoms with E-state index in [1.807, 2.05) is 19.1 Å². The molecule has 0 aliphatic carbocycles. The molecule has 0 amide bonds. The number of halogens is 1. The fourth-order valence-corrected chi connectivity index (χ4v) is 4.37. The smallest absolute Gasteiger partial charge is 0.338 e. The van der Waals surface area contributed by atoms with Crippen LogP contribution >= 0.6 is 11.6 Å². The standard InChI is InChI=1S/C25H23ClN4O4S/c1-15(2)34-25(31)17-5-9-19(10-6-17)27-23-24(28-21-13-4-16(3)14-22(21)29-23)30-35(32,33)20-11-7-18(26)8-12-20/h4-15H,1-3H3,(H,27,29)(H,28,30). The highest BCUT2D eigenvalue weighted by Gasteiger charge is 2.19. The van der Waals surface area contributed by atoms with Crippen LogP contribution in [-0.4, -0.2) is 30.5 Å². The number of hydrogen-bond acceptors (Lipinski definition) is 7. The summed E-state index contributed by atoms with van der Waals surface area (Å²) < 4.78 is 33.8. The minimum atomic E-state index is -3.96. The van der Waals surface area contributed by atoms with Crippen LogP contribution < -0.4 is 10.0 Å². The van der Waals surface area contributed by atoms with Crippen molar-refractivity contribution in [1.29, 1.82) is 0 Å². The monoisotopic (exact) mass is 510 g/mol. The number of ether oxygens (including phenoxy) is 1. The van der Waals surface area contributed by atoms with Crippen molar-refractivity contribution in [3.63, 3.8) is 0 Å². The average molecular weight is 511 g/mol. The highest BCUT2D eigenvalue weighted by Crippen LogP contribution is 2.28.